The molecule has 0 aliphatic carbocycles. The highest BCUT2D eigenvalue weighted by molar-refractivity contribution is 7.92. The van der Waals surface area contributed by atoms with E-state index < -0.39 is 21.8 Å². The van der Waals surface area contributed by atoms with Crippen molar-refractivity contribution in [2.75, 3.05) is 40.7 Å². The predicted octanol–water partition coefficient (Wildman–Crippen LogP) is 6.08. The van der Waals surface area contributed by atoms with Crippen molar-refractivity contribution in [1.82, 2.24) is 4.98 Å². The standard InChI is InChI=1S/C28H27FN4O4S.3ClH/c1-18-4-3-5-26(19(18)2)32-12-14-33(15-13-32)27-17-24(28(34)35)23-16-21(8-11-25(23)30-27)31-38(36,37)22-9-6-20(29)7-10-22;;;/h3-11,16-17,31H,12-15H2,1-2H3,(H,34,35);3*1H. The maximum absolute atomic E-state index is 13.2. The Morgan fingerprint density at radius 3 is 2.17 bits per heavy atom. The first-order chi connectivity index (χ1) is 18.1. The van der Waals surface area contributed by atoms with Crippen LogP contribution in [0.2, 0.25) is 0 Å². The van der Waals surface area contributed by atoms with Crippen molar-refractivity contribution in [1.29, 1.82) is 0 Å². The number of hydrogen-bond acceptors (Lipinski definition) is 6. The molecule has 0 atom stereocenters. The summed E-state index contributed by atoms with van der Waals surface area (Å²) in [6, 6.07) is 16.8. The minimum atomic E-state index is -3.99. The monoisotopic (exact) mass is 642 g/mol. The van der Waals surface area contributed by atoms with E-state index in [0.29, 0.717) is 29.8 Å². The average Bonchev–Trinajstić information content (AvgIpc) is 2.90. The number of nitrogens with one attached hydrogen (secondary N) is 1. The van der Waals surface area contributed by atoms with Gasteiger partial charge in [-0.25, -0.2) is 22.6 Å². The molecule has 8 nitrogen and oxygen atoms in total. The maximum Gasteiger partial charge on any atom is 0.336 e. The number of nitrogens with zero attached hydrogens (tertiary/aromatic N) is 3. The fourth-order valence-electron chi connectivity index (χ4n) is 4.70. The number of aromatic nitrogens is 1. The van der Waals surface area contributed by atoms with Crippen LogP contribution in [0.4, 0.5) is 21.6 Å². The summed E-state index contributed by atoms with van der Waals surface area (Å²) in [5.41, 5.74) is 4.36. The molecule has 0 unspecified atom stereocenters. The number of pyridine rings is 1. The van der Waals surface area contributed by atoms with Gasteiger partial charge < -0.3 is 14.9 Å². The third kappa shape index (κ3) is 7.13. The zero-order valence-electron chi connectivity index (χ0n) is 22.2. The number of rotatable bonds is 6. The molecule has 0 radical (unpaired) electrons. The zero-order valence-corrected chi connectivity index (χ0v) is 25.5. The molecular formula is C28H30Cl3FN4O4S. The molecule has 4 aromatic rings. The lowest BCUT2D eigenvalue weighted by Crippen LogP contribution is -2.47. The van der Waals surface area contributed by atoms with Crippen LogP contribution in [0.15, 0.2) is 71.6 Å². The van der Waals surface area contributed by atoms with Gasteiger partial charge in [-0.1, -0.05) is 12.1 Å². The Morgan fingerprint density at radius 1 is 0.902 bits per heavy atom. The molecule has 1 aliphatic heterocycles. The number of halogens is 4. The Morgan fingerprint density at radius 2 is 1.54 bits per heavy atom. The second kappa shape index (κ2) is 13.6. The predicted molar refractivity (Wildman–Crippen MR) is 168 cm³/mol. The van der Waals surface area contributed by atoms with Gasteiger partial charge in [0.05, 0.1) is 16.0 Å². The van der Waals surface area contributed by atoms with Crippen LogP contribution in [0.3, 0.4) is 0 Å². The molecule has 0 saturated carbocycles. The minimum Gasteiger partial charge on any atom is -0.478 e. The number of hydrogen-bond donors (Lipinski definition) is 2. The summed E-state index contributed by atoms with van der Waals surface area (Å²) in [7, 11) is -3.99. The molecule has 220 valence electrons. The second-order valence-corrected chi connectivity index (χ2v) is 11.0. The maximum atomic E-state index is 13.2. The van der Waals surface area contributed by atoms with Crippen LogP contribution in [-0.2, 0) is 10.0 Å². The van der Waals surface area contributed by atoms with Crippen molar-refractivity contribution in [3.8, 4) is 0 Å². The Hall–Kier alpha value is -3.31. The molecule has 13 heteroatoms. The van der Waals surface area contributed by atoms with Gasteiger partial charge in [0, 0.05) is 42.9 Å². The summed E-state index contributed by atoms with van der Waals surface area (Å²) in [4.78, 5) is 21.2. The molecular weight excluding hydrogens is 614 g/mol. The van der Waals surface area contributed by atoms with Crippen LogP contribution in [0.1, 0.15) is 21.5 Å². The van der Waals surface area contributed by atoms with E-state index in [-0.39, 0.29) is 53.4 Å². The molecule has 1 fully saturated rings. The van der Waals surface area contributed by atoms with E-state index >= 15 is 0 Å². The first-order valence-corrected chi connectivity index (χ1v) is 13.6. The SMILES string of the molecule is Cc1cccc(N2CCN(c3cc(C(=O)O)c4cc(NS(=O)(=O)c5ccc(F)cc5)ccc4n3)CC2)c1C.Cl.Cl.Cl. The zero-order chi connectivity index (χ0) is 27.0. The van der Waals surface area contributed by atoms with Crippen LogP contribution >= 0.6 is 37.2 Å². The normalized spacial score (nSPS) is 13.0. The summed E-state index contributed by atoms with van der Waals surface area (Å²) in [5.74, 6) is -1.12. The number of aryl methyl sites for hydroxylation is 1. The number of benzene rings is 3. The summed E-state index contributed by atoms with van der Waals surface area (Å²) in [6.45, 7) is 7.13. The van der Waals surface area contributed by atoms with Crippen molar-refractivity contribution in [2.45, 2.75) is 18.7 Å². The van der Waals surface area contributed by atoms with Crippen LogP contribution in [0, 0.1) is 19.7 Å². The highest BCUT2D eigenvalue weighted by Gasteiger charge is 2.23. The molecule has 1 saturated heterocycles. The molecule has 2 heterocycles. The van der Waals surface area contributed by atoms with Gasteiger partial charge in [0.15, 0.2) is 0 Å². The molecule has 3 aromatic carbocycles. The summed E-state index contributed by atoms with van der Waals surface area (Å²) >= 11 is 0. The van der Waals surface area contributed by atoms with E-state index in [0.717, 1.165) is 37.4 Å². The van der Waals surface area contributed by atoms with Gasteiger partial charge in [-0.15, -0.1) is 37.2 Å². The number of fused-ring (bicyclic) bond motifs is 1. The van der Waals surface area contributed by atoms with Crippen molar-refractivity contribution in [3.05, 3.63) is 89.2 Å². The highest BCUT2D eigenvalue weighted by Crippen LogP contribution is 2.29. The van der Waals surface area contributed by atoms with Gasteiger partial charge in [0.25, 0.3) is 10.0 Å². The van der Waals surface area contributed by atoms with Gasteiger partial charge in [-0.3, -0.25) is 4.72 Å². The second-order valence-electron chi connectivity index (χ2n) is 9.32. The molecule has 0 amide bonds. The quantitative estimate of drug-likeness (QED) is 0.263. The largest absolute Gasteiger partial charge is 0.478 e. The number of carboxylic acids is 1. The fraction of sp³-hybridized carbons (Fsp3) is 0.214. The molecule has 0 spiro atoms. The van der Waals surface area contributed by atoms with Crippen LogP contribution in [0.25, 0.3) is 10.9 Å². The first kappa shape index (κ1) is 33.9. The lowest BCUT2D eigenvalue weighted by molar-refractivity contribution is 0.0699. The molecule has 1 aromatic heterocycles. The molecule has 0 bridgehead atoms. The molecule has 41 heavy (non-hydrogen) atoms. The number of carboxylic acid groups (broad SMARTS) is 1. The number of piperazine rings is 1. The smallest absolute Gasteiger partial charge is 0.336 e. The Kier molecular flexibility index (Phi) is 11.2. The van der Waals surface area contributed by atoms with Crippen molar-refractivity contribution < 1.29 is 22.7 Å². The van der Waals surface area contributed by atoms with Crippen LogP contribution < -0.4 is 14.5 Å². The lowest BCUT2D eigenvalue weighted by Gasteiger charge is -2.37. The Labute approximate surface area is 256 Å². The van der Waals surface area contributed by atoms with Gasteiger partial charge >= 0.3 is 5.97 Å². The van der Waals surface area contributed by atoms with Gasteiger partial charge in [0.2, 0.25) is 0 Å². The summed E-state index contributed by atoms with van der Waals surface area (Å²) in [5, 5.41) is 10.3. The summed E-state index contributed by atoms with van der Waals surface area (Å²) < 4.78 is 41.1. The third-order valence-corrected chi connectivity index (χ3v) is 8.32. The topological polar surface area (TPSA) is 103 Å². The number of carbonyl (C=O) groups is 1. The highest BCUT2D eigenvalue weighted by atomic mass is 35.5. The van der Waals surface area contributed by atoms with E-state index in [1.54, 1.807) is 6.07 Å². The van der Waals surface area contributed by atoms with Crippen LogP contribution in [-0.4, -0.2) is 50.7 Å². The van der Waals surface area contributed by atoms with Crippen molar-refractivity contribution >= 4 is 81.3 Å². The van der Waals surface area contributed by atoms with E-state index in [2.05, 4.69) is 46.6 Å². The third-order valence-electron chi connectivity index (χ3n) is 6.92. The Balaban J connectivity index is 0.00000196. The molecule has 2 N–H and O–H groups in total. The van der Waals surface area contributed by atoms with E-state index in [4.69, 9.17) is 4.98 Å². The lowest BCUT2D eigenvalue weighted by atomic mass is 10.1. The first-order valence-electron chi connectivity index (χ1n) is 12.1. The summed E-state index contributed by atoms with van der Waals surface area (Å²) in [6.07, 6.45) is 0. The van der Waals surface area contributed by atoms with Gasteiger partial charge in [-0.05, 0) is 79.6 Å². The van der Waals surface area contributed by atoms with E-state index in [1.165, 1.54) is 35.0 Å². The van der Waals surface area contributed by atoms with Crippen molar-refractivity contribution in [2.24, 2.45) is 0 Å². The Bertz CT molecular complexity index is 1650. The van der Waals surface area contributed by atoms with Gasteiger partial charge in [-0.2, -0.15) is 0 Å². The average molecular weight is 644 g/mol. The fourth-order valence-corrected chi connectivity index (χ4v) is 5.75. The number of aromatic carboxylic acids is 1. The number of anilines is 3. The number of sulfonamides is 1. The van der Waals surface area contributed by atoms with E-state index in [1.807, 2.05) is 0 Å². The van der Waals surface area contributed by atoms with Crippen molar-refractivity contribution in [3.63, 3.8) is 0 Å². The van der Waals surface area contributed by atoms with Gasteiger partial charge in [0.1, 0.15) is 11.6 Å². The molecule has 5 rings (SSSR count). The minimum absolute atomic E-state index is 0. The van der Waals surface area contributed by atoms with E-state index in [9.17, 15) is 22.7 Å². The van der Waals surface area contributed by atoms with Crippen LogP contribution in [0.5, 0.6) is 0 Å². The molecule has 1 aliphatic rings.